The highest BCUT2D eigenvalue weighted by Crippen LogP contribution is 2.31. The maximum Gasteiger partial charge on any atom is 0.309 e. The quantitative estimate of drug-likeness (QED) is 0.560. The average Bonchev–Trinajstić information content (AvgIpc) is 2.15. The molecular weight excluding hydrogens is 194 g/mol. The molecule has 0 aromatic carbocycles. The third-order valence-corrected chi connectivity index (χ3v) is 6.00. The van der Waals surface area contributed by atoms with Gasteiger partial charge in [0.2, 0.25) is 0 Å². The Morgan fingerprint density at radius 1 is 1.36 bits per heavy atom. The zero-order valence-corrected chi connectivity index (χ0v) is 10.6. The normalized spacial score (nSPS) is 28.6. The van der Waals surface area contributed by atoms with Gasteiger partial charge in [-0.05, 0) is 18.5 Å². The van der Waals surface area contributed by atoms with E-state index in [2.05, 4.69) is 25.0 Å². The van der Waals surface area contributed by atoms with Gasteiger partial charge in [-0.15, -0.1) is 0 Å². The van der Waals surface area contributed by atoms with E-state index in [9.17, 15) is 4.79 Å². The fourth-order valence-corrected chi connectivity index (χ4v) is 3.70. The van der Waals surface area contributed by atoms with Gasteiger partial charge in [-0.3, -0.25) is 4.79 Å². The maximum atomic E-state index is 11.4. The van der Waals surface area contributed by atoms with Gasteiger partial charge < -0.3 is 10.1 Å². The predicted octanol–water partition coefficient (Wildman–Crippen LogP) is 1.48. The standard InChI is InChI=1S/C10H21NO2Si/c1-13-10(12)8-5-9(7-11-6-8)14(2,3)4/h8-9,11H,5-7H2,1-4H3. The molecule has 0 radical (unpaired) electrons. The first-order chi connectivity index (χ1) is 6.45. The van der Waals surface area contributed by atoms with E-state index in [1.54, 1.807) is 0 Å². The van der Waals surface area contributed by atoms with Gasteiger partial charge in [0, 0.05) is 14.6 Å². The van der Waals surface area contributed by atoms with Crippen LogP contribution in [-0.2, 0) is 9.53 Å². The highest BCUT2D eigenvalue weighted by atomic mass is 28.3. The molecule has 2 unspecified atom stereocenters. The van der Waals surface area contributed by atoms with Crippen LogP contribution in [0.25, 0.3) is 0 Å². The zero-order chi connectivity index (χ0) is 10.8. The molecule has 1 rings (SSSR count). The molecule has 0 aliphatic carbocycles. The summed E-state index contributed by atoms with van der Waals surface area (Å²) in [6, 6.07) is 0. The molecule has 0 aromatic heterocycles. The summed E-state index contributed by atoms with van der Waals surface area (Å²) in [6.45, 7) is 8.94. The van der Waals surface area contributed by atoms with Gasteiger partial charge in [-0.1, -0.05) is 19.6 Å². The molecule has 1 aliphatic heterocycles. The molecule has 0 bridgehead atoms. The first kappa shape index (κ1) is 11.7. The number of hydrogen-bond acceptors (Lipinski definition) is 3. The molecule has 4 heteroatoms. The minimum absolute atomic E-state index is 0.0551. The van der Waals surface area contributed by atoms with Crippen molar-refractivity contribution >= 4 is 14.0 Å². The molecule has 3 nitrogen and oxygen atoms in total. The van der Waals surface area contributed by atoms with Crippen LogP contribution in [-0.4, -0.2) is 34.2 Å². The summed E-state index contributed by atoms with van der Waals surface area (Å²) in [5.74, 6) is 0.0194. The Morgan fingerprint density at radius 2 is 2.00 bits per heavy atom. The molecule has 1 saturated heterocycles. The van der Waals surface area contributed by atoms with Crippen LogP contribution < -0.4 is 5.32 Å². The van der Waals surface area contributed by atoms with Crippen molar-refractivity contribution in [3.63, 3.8) is 0 Å². The number of ether oxygens (including phenoxy) is 1. The Bertz CT molecular complexity index is 213. The smallest absolute Gasteiger partial charge is 0.309 e. The number of carbonyl (C=O) groups excluding carboxylic acids is 1. The first-order valence-electron chi connectivity index (χ1n) is 5.23. The van der Waals surface area contributed by atoms with Crippen molar-refractivity contribution in [1.82, 2.24) is 5.32 Å². The average molecular weight is 215 g/mol. The largest absolute Gasteiger partial charge is 0.469 e. The van der Waals surface area contributed by atoms with Crippen LogP contribution in [0.5, 0.6) is 0 Å². The molecule has 14 heavy (non-hydrogen) atoms. The van der Waals surface area contributed by atoms with Gasteiger partial charge in [-0.25, -0.2) is 0 Å². The summed E-state index contributed by atoms with van der Waals surface area (Å²) in [4.78, 5) is 11.4. The number of esters is 1. The van der Waals surface area contributed by atoms with E-state index in [1.807, 2.05) is 0 Å². The molecule has 0 aromatic rings. The molecule has 1 fully saturated rings. The number of methoxy groups -OCH3 is 1. The molecule has 0 saturated carbocycles. The predicted molar refractivity (Wildman–Crippen MR) is 60.1 cm³/mol. The van der Waals surface area contributed by atoms with Crippen LogP contribution in [0.1, 0.15) is 6.42 Å². The van der Waals surface area contributed by atoms with E-state index in [0.717, 1.165) is 19.5 Å². The zero-order valence-electron chi connectivity index (χ0n) is 9.59. The van der Waals surface area contributed by atoms with Gasteiger partial charge in [0.1, 0.15) is 0 Å². The second-order valence-corrected chi connectivity index (χ2v) is 10.7. The van der Waals surface area contributed by atoms with E-state index >= 15 is 0 Å². The van der Waals surface area contributed by atoms with Crippen LogP contribution >= 0.6 is 0 Å². The number of nitrogens with one attached hydrogen (secondary N) is 1. The second-order valence-electron chi connectivity index (χ2n) is 5.18. The second kappa shape index (κ2) is 4.44. The maximum absolute atomic E-state index is 11.4. The summed E-state index contributed by atoms with van der Waals surface area (Å²) in [7, 11) is 0.346. The van der Waals surface area contributed by atoms with Gasteiger partial charge in [0.05, 0.1) is 13.0 Å². The van der Waals surface area contributed by atoms with Crippen LogP contribution in [0.4, 0.5) is 0 Å². The summed E-state index contributed by atoms with van der Waals surface area (Å²) < 4.78 is 4.79. The Balaban J connectivity index is 2.56. The number of hydrogen-bond donors (Lipinski definition) is 1. The van der Waals surface area contributed by atoms with Crippen LogP contribution in [0.3, 0.4) is 0 Å². The van der Waals surface area contributed by atoms with Crippen molar-refractivity contribution in [3.8, 4) is 0 Å². The van der Waals surface area contributed by atoms with Crippen molar-refractivity contribution in [2.75, 3.05) is 20.2 Å². The molecular formula is C10H21NO2Si. The molecule has 0 spiro atoms. The summed E-state index contributed by atoms with van der Waals surface area (Å²) in [6.07, 6.45) is 1.01. The Kier molecular flexibility index (Phi) is 3.72. The molecule has 0 amide bonds. The van der Waals surface area contributed by atoms with Crippen molar-refractivity contribution in [1.29, 1.82) is 0 Å². The van der Waals surface area contributed by atoms with Gasteiger partial charge in [-0.2, -0.15) is 0 Å². The third-order valence-electron chi connectivity index (χ3n) is 3.11. The minimum Gasteiger partial charge on any atom is -0.469 e. The van der Waals surface area contributed by atoms with E-state index in [-0.39, 0.29) is 11.9 Å². The molecule has 1 aliphatic rings. The van der Waals surface area contributed by atoms with Crippen molar-refractivity contribution in [3.05, 3.63) is 0 Å². The third kappa shape index (κ3) is 2.82. The minimum atomic E-state index is -1.13. The highest BCUT2D eigenvalue weighted by molar-refractivity contribution is 6.77. The van der Waals surface area contributed by atoms with E-state index in [0.29, 0.717) is 5.54 Å². The van der Waals surface area contributed by atoms with Crippen LogP contribution in [0, 0.1) is 5.92 Å². The Hall–Kier alpha value is -0.353. The lowest BCUT2D eigenvalue weighted by Gasteiger charge is -2.35. The molecule has 2 atom stereocenters. The molecule has 1 heterocycles. The Morgan fingerprint density at radius 3 is 2.50 bits per heavy atom. The van der Waals surface area contributed by atoms with Crippen molar-refractivity contribution < 1.29 is 9.53 Å². The molecule has 82 valence electrons. The lowest BCUT2D eigenvalue weighted by Crippen LogP contribution is -2.45. The van der Waals surface area contributed by atoms with Crippen LogP contribution in [0.2, 0.25) is 25.2 Å². The van der Waals surface area contributed by atoms with Crippen molar-refractivity contribution in [2.45, 2.75) is 31.6 Å². The summed E-state index contributed by atoms with van der Waals surface area (Å²) in [5, 5.41) is 3.34. The fraction of sp³-hybridized carbons (Fsp3) is 0.900. The SMILES string of the molecule is COC(=O)C1CNCC([Si](C)(C)C)C1. The molecule has 1 N–H and O–H groups in total. The monoisotopic (exact) mass is 215 g/mol. The number of rotatable bonds is 2. The van der Waals surface area contributed by atoms with Gasteiger partial charge in [0.25, 0.3) is 0 Å². The topological polar surface area (TPSA) is 38.3 Å². The first-order valence-corrected chi connectivity index (χ1v) is 8.81. The lowest BCUT2D eigenvalue weighted by molar-refractivity contribution is -0.145. The number of carbonyl (C=O) groups is 1. The van der Waals surface area contributed by atoms with Gasteiger partial charge in [0.15, 0.2) is 0 Å². The van der Waals surface area contributed by atoms with E-state index in [4.69, 9.17) is 4.74 Å². The highest BCUT2D eigenvalue weighted by Gasteiger charge is 2.34. The number of piperidine rings is 1. The van der Waals surface area contributed by atoms with Crippen LogP contribution in [0.15, 0.2) is 0 Å². The van der Waals surface area contributed by atoms with E-state index in [1.165, 1.54) is 7.11 Å². The van der Waals surface area contributed by atoms with Crippen molar-refractivity contribution in [2.24, 2.45) is 5.92 Å². The Labute approximate surface area is 87.2 Å². The van der Waals surface area contributed by atoms with Gasteiger partial charge >= 0.3 is 5.97 Å². The summed E-state index contributed by atoms with van der Waals surface area (Å²) in [5.41, 5.74) is 0.695. The van der Waals surface area contributed by atoms with E-state index < -0.39 is 8.07 Å². The lowest BCUT2D eigenvalue weighted by atomic mass is 9.99. The fourth-order valence-electron chi connectivity index (χ4n) is 1.95. The summed E-state index contributed by atoms with van der Waals surface area (Å²) >= 11 is 0.